The molecule has 2 heteroatoms. The van der Waals surface area contributed by atoms with E-state index in [9.17, 15) is 0 Å². The number of thiophene rings is 1. The predicted molar refractivity (Wildman–Crippen MR) is 107 cm³/mol. The standard InChI is InChI=1S/C22H13ClS/c23-16-7-3-6-15(13-16)18-9-4-10-19-20-12-11-14-5-1-2-8-17(14)21(20)24-22(18)19/h1-13H. The van der Waals surface area contributed by atoms with Crippen LogP contribution in [0, 0.1) is 0 Å². The third-order valence-corrected chi connectivity index (χ3v) is 6.05. The third kappa shape index (κ3) is 2.06. The Balaban J connectivity index is 1.92. The number of benzene rings is 4. The first-order valence-corrected chi connectivity index (χ1v) is 9.10. The van der Waals surface area contributed by atoms with Gasteiger partial charge in [0.1, 0.15) is 0 Å². The average molecular weight is 345 g/mol. The van der Waals surface area contributed by atoms with E-state index in [0.29, 0.717) is 0 Å². The largest absolute Gasteiger partial charge is 0.134 e. The Labute approximate surface area is 148 Å². The van der Waals surface area contributed by atoms with E-state index in [4.69, 9.17) is 11.6 Å². The fourth-order valence-electron chi connectivity index (χ4n) is 3.41. The fraction of sp³-hybridized carbons (Fsp3) is 0. The second-order valence-corrected chi connectivity index (χ2v) is 7.42. The lowest BCUT2D eigenvalue weighted by atomic mass is 10.0. The summed E-state index contributed by atoms with van der Waals surface area (Å²) >= 11 is 8.08. The van der Waals surface area contributed by atoms with Crippen molar-refractivity contribution in [2.24, 2.45) is 0 Å². The van der Waals surface area contributed by atoms with Gasteiger partial charge in [0.15, 0.2) is 0 Å². The molecule has 4 aromatic carbocycles. The summed E-state index contributed by atoms with van der Waals surface area (Å²) in [5.74, 6) is 0. The first kappa shape index (κ1) is 14.0. The number of fused-ring (bicyclic) bond motifs is 5. The van der Waals surface area contributed by atoms with E-state index in [1.807, 2.05) is 29.5 Å². The summed E-state index contributed by atoms with van der Waals surface area (Å²) in [7, 11) is 0. The Morgan fingerprint density at radius 2 is 1.42 bits per heavy atom. The van der Waals surface area contributed by atoms with Gasteiger partial charge in [-0.05, 0) is 34.0 Å². The summed E-state index contributed by atoms with van der Waals surface area (Å²) in [5, 5.41) is 6.04. The molecule has 1 heterocycles. The number of halogens is 1. The maximum absolute atomic E-state index is 6.21. The van der Waals surface area contributed by atoms with Gasteiger partial charge >= 0.3 is 0 Å². The molecule has 0 bridgehead atoms. The zero-order chi connectivity index (χ0) is 16.1. The third-order valence-electron chi connectivity index (χ3n) is 4.52. The first-order valence-electron chi connectivity index (χ1n) is 7.90. The monoisotopic (exact) mass is 344 g/mol. The fourth-order valence-corrected chi connectivity index (χ4v) is 4.97. The highest BCUT2D eigenvalue weighted by Gasteiger charge is 2.12. The van der Waals surface area contributed by atoms with E-state index in [1.165, 1.54) is 42.1 Å². The van der Waals surface area contributed by atoms with Crippen molar-refractivity contribution in [1.82, 2.24) is 0 Å². The average Bonchev–Trinajstić information content (AvgIpc) is 3.01. The van der Waals surface area contributed by atoms with Gasteiger partial charge in [0, 0.05) is 25.2 Å². The van der Waals surface area contributed by atoms with E-state index in [0.717, 1.165) is 5.02 Å². The van der Waals surface area contributed by atoms with Crippen molar-refractivity contribution in [2.45, 2.75) is 0 Å². The minimum Gasteiger partial charge on any atom is -0.134 e. The molecule has 0 radical (unpaired) electrons. The van der Waals surface area contributed by atoms with Crippen LogP contribution in [0.15, 0.2) is 78.9 Å². The Morgan fingerprint density at radius 1 is 0.625 bits per heavy atom. The Kier molecular flexibility index (Phi) is 3.12. The van der Waals surface area contributed by atoms with Crippen LogP contribution >= 0.6 is 22.9 Å². The Hall–Kier alpha value is -2.35. The van der Waals surface area contributed by atoms with Crippen LogP contribution in [0.3, 0.4) is 0 Å². The van der Waals surface area contributed by atoms with Gasteiger partial charge in [-0.1, -0.05) is 78.3 Å². The second-order valence-electron chi connectivity index (χ2n) is 5.96. The number of hydrogen-bond acceptors (Lipinski definition) is 1. The van der Waals surface area contributed by atoms with Gasteiger partial charge < -0.3 is 0 Å². The van der Waals surface area contributed by atoms with E-state index >= 15 is 0 Å². The molecule has 0 atom stereocenters. The summed E-state index contributed by atoms with van der Waals surface area (Å²) < 4.78 is 2.68. The van der Waals surface area contributed by atoms with Crippen molar-refractivity contribution in [3.8, 4) is 11.1 Å². The maximum atomic E-state index is 6.21. The van der Waals surface area contributed by atoms with Crippen LogP contribution in [0.5, 0.6) is 0 Å². The summed E-state index contributed by atoms with van der Waals surface area (Å²) in [6.07, 6.45) is 0. The zero-order valence-corrected chi connectivity index (χ0v) is 14.4. The molecule has 0 amide bonds. The molecule has 0 spiro atoms. The minimum absolute atomic E-state index is 0.774. The van der Waals surface area contributed by atoms with Gasteiger partial charge in [-0.25, -0.2) is 0 Å². The molecule has 5 aromatic rings. The second kappa shape index (κ2) is 5.34. The van der Waals surface area contributed by atoms with Crippen molar-refractivity contribution < 1.29 is 0 Å². The van der Waals surface area contributed by atoms with Gasteiger partial charge in [0.2, 0.25) is 0 Å². The highest BCUT2D eigenvalue weighted by Crippen LogP contribution is 2.42. The van der Waals surface area contributed by atoms with E-state index in [2.05, 4.69) is 60.7 Å². The van der Waals surface area contributed by atoms with Crippen LogP contribution in [0.1, 0.15) is 0 Å². The lowest BCUT2D eigenvalue weighted by Crippen LogP contribution is -1.78. The molecule has 114 valence electrons. The molecule has 0 saturated carbocycles. The first-order chi connectivity index (χ1) is 11.8. The van der Waals surface area contributed by atoms with Crippen molar-refractivity contribution in [3.05, 3.63) is 83.9 Å². The van der Waals surface area contributed by atoms with Gasteiger partial charge in [-0.2, -0.15) is 0 Å². The van der Waals surface area contributed by atoms with Crippen molar-refractivity contribution >= 4 is 53.9 Å². The summed E-state index contributed by atoms with van der Waals surface area (Å²) in [6.45, 7) is 0. The number of rotatable bonds is 1. The highest BCUT2D eigenvalue weighted by molar-refractivity contribution is 7.27. The zero-order valence-electron chi connectivity index (χ0n) is 12.8. The molecular weight excluding hydrogens is 332 g/mol. The lowest BCUT2D eigenvalue weighted by molar-refractivity contribution is 1.67. The van der Waals surface area contributed by atoms with Crippen molar-refractivity contribution in [2.75, 3.05) is 0 Å². The molecule has 0 aliphatic carbocycles. The van der Waals surface area contributed by atoms with Crippen LogP contribution in [0.4, 0.5) is 0 Å². The summed E-state index contributed by atoms with van der Waals surface area (Å²) in [5.41, 5.74) is 2.42. The predicted octanol–water partition coefficient (Wildman–Crippen LogP) is 7.53. The molecule has 0 unspecified atom stereocenters. The van der Waals surface area contributed by atoms with Crippen LogP contribution in [0.2, 0.25) is 5.02 Å². The summed E-state index contributed by atoms with van der Waals surface area (Å²) in [4.78, 5) is 0. The van der Waals surface area contributed by atoms with Gasteiger partial charge in [0.05, 0.1) is 0 Å². The normalized spacial score (nSPS) is 11.5. The molecule has 24 heavy (non-hydrogen) atoms. The molecule has 0 nitrogen and oxygen atoms in total. The van der Waals surface area contributed by atoms with Crippen LogP contribution in [0.25, 0.3) is 42.1 Å². The number of hydrogen-bond donors (Lipinski definition) is 0. The van der Waals surface area contributed by atoms with Gasteiger partial charge in [-0.3, -0.25) is 0 Å². The minimum atomic E-state index is 0.774. The summed E-state index contributed by atoms with van der Waals surface area (Å²) in [6, 6.07) is 27.7. The Bertz CT molecular complexity index is 1220. The van der Waals surface area contributed by atoms with Crippen molar-refractivity contribution in [3.63, 3.8) is 0 Å². The van der Waals surface area contributed by atoms with Gasteiger partial charge in [0.25, 0.3) is 0 Å². The smallest absolute Gasteiger partial charge is 0.0434 e. The molecule has 0 N–H and O–H groups in total. The molecule has 0 aliphatic heterocycles. The van der Waals surface area contributed by atoms with Gasteiger partial charge in [-0.15, -0.1) is 11.3 Å². The lowest BCUT2D eigenvalue weighted by Gasteiger charge is -2.04. The molecule has 0 fully saturated rings. The van der Waals surface area contributed by atoms with Crippen molar-refractivity contribution in [1.29, 1.82) is 0 Å². The molecule has 1 aromatic heterocycles. The van der Waals surface area contributed by atoms with Crippen LogP contribution in [-0.4, -0.2) is 0 Å². The molecule has 5 rings (SSSR count). The topological polar surface area (TPSA) is 0 Å². The van der Waals surface area contributed by atoms with E-state index < -0.39 is 0 Å². The highest BCUT2D eigenvalue weighted by atomic mass is 35.5. The Morgan fingerprint density at radius 3 is 2.33 bits per heavy atom. The maximum Gasteiger partial charge on any atom is 0.0434 e. The molecule has 0 aliphatic rings. The molecular formula is C22H13ClS. The quantitative estimate of drug-likeness (QED) is 0.295. The molecule has 0 saturated heterocycles. The van der Waals surface area contributed by atoms with E-state index in [-0.39, 0.29) is 0 Å². The van der Waals surface area contributed by atoms with Crippen LogP contribution in [-0.2, 0) is 0 Å². The SMILES string of the molecule is Clc1cccc(-c2cccc3c2sc2c4ccccc4ccc32)c1. The van der Waals surface area contributed by atoms with E-state index in [1.54, 1.807) is 0 Å². The van der Waals surface area contributed by atoms with Crippen LogP contribution < -0.4 is 0 Å².